The third-order valence-electron chi connectivity index (χ3n) is 5.87. The molecule has 1 fully saturated rings. The lowest BCUT2D eigenvalue weighted by molar-refractivity contribution is 0.314. The summed E-state index contributed by atoms with van der Waals surface area (Å²) in [4.78, 5) is 0.342. The molecule has 0 unspecified atom stereocenters. The van der Waals surface area contributed by atoms with Crippen molar-refractivity contribution in [2.45, 2.75) is 30.6 Å². The average molecular weight is 399 g/mol. The molecule has 2 aromatic carbocycles. The first-order valence-electron chi connectivity index (χ1n) is 9.61. The van der Waals surface area contributed by atoms with Crippen LogP contribution in [0, 0.1) is 6.92 Å². The number of aryl methyl sites for hydroxylation is 2. The fourth-order valence-electron chi connectivity index (χ4n) is 4.25. The van der Waals surface area contributed by atoms with Crippen LogP contribution in [0.3, 0.4) is 0 Å². The summed E-state index contributed by atoms with van der Waals surface area (Å²) in [6.07, 6.45) is 1.66. The highest BCUT2D eigenvalue weighted by atomic mass is 32.2. The number of ether oxygens (including phenoxy) is 1. The van der Waals surface area contributed by atoms with E-state index >= 15 is 0 Å². The van der Waals surface area contributed by atoms with Gasteiger partial charge in [0, 0.05) is 37.3 Å². The van der Waals surface area contributed by atoms with Gasteiger partial charge in [-0.3, -0.25) is 0 Å². The van der Waals surface area contributed by atoms with Crippen molar-refractivity contribution in [2.75, 3.05) is 20.2 Å². The topological polar surface area (TPSA) is 51.5 Å². The number of sulfonamides is 1. The van der Waals surface area contributed by atoms with E-state index in [2.05, 4.69) is 41.9 Å². The SMILES string of the molecule is COc1ccc(S(=O)(=O)N2CCC(c3cc4ccccc4n3C)CC2)cc1C. The monoisotopic (exact) mass is 398 g/mol. The first-order valence-corrected chi connectivity index (χ1v) is 11.0. The quantitative estimate of drug-likeness (QED) is 0.666. The maximum absolute atomic E-state index is 13.1. The van der Waals surface area contributed by atoms with Crippen molar-refractivity contribution in [3.05, 3.63) is 59.8 Å². The van der Waals surface area contributed by atoms with Crippen molar-refractivity contribution < 1.29 is 13.2 Å². The molecule has 0 atom stereocenters. The first kappa shape index (κ1) is 19.0. The Morgan fingerprint density at radius 3 is 2.39 bits per heavy atom. The van der Waals surface area contributed by atoms with Crippen LogP contribution in [0.15, 0.2) is 53.4 Å². The molecule has 0 saturated carbocycles. The summed E-state index contributed by atoms with van der Waals surface area (Å²) in [6.45, 7) is 2.95. The van der Waals surface area contributed by atoms with Gasteiger partial charge >= 0.3 is 0 Å². The molecule has 0 radical (unpaired) electrons. The van der Waals surface area contributed by atoms with E-state index in [1.807, 2.05) is 6.92 Å². The molecule has 6 heteroatoms. The molecule has 4 rings (SSSR count). The minimum Gasteiger partial charge on any atom is -0.496 e. The van der Waals surface area contributed by atoms with Gasteiger partial charge in [0.05, 0.1) is 12.0 Å². The predicted molar refractivity (Wildman–Crippen MR) is 111 cm³/mol. The molecule has 0 N–H and O–H groups in total. The minimum absolute atomic E-state index is 0.342. The van der Waals surface area contributed by atoms with Crippen LogP contribution in [0.1, 0.15) is 30.0 Å². The van der Waals surface area contributed by atoms with Gasteiger partial charge in [0.1, 0.15) is 5.75 Å². The number of methoxy groups -OCH3 is 1. The molecule has 1 aromatic heterocycles. The van der Waals surface area contributed by atoms with Crippen molar-refractivity contribution in [2.24, 2.45) is 7.05 Å². The largest absolute Gasteiger partial charge is 0.496 e. The molecule has 1 aliphatic rings. The van der Waals surface area contributed by atoms with Gasteiger partial charge in [-0.1, -0.05) is 18.2 Å². The number of piperidine rings is 1. The van der Waals surface area contributed by atoms with Gasteiger partial charge in [0.25, 0.3) is 0 Å². The summed E-state index contributed by atoms with van der Waals surface area (Å²) in [5, 5.41) is 1.24. The van der Waals surface area contributed by atoms with Crippen molar-refractivity contribution in [3.63, 3.8) is 0 Å². The van der Waals surface area contributed by atoms with E-state index in [1.54, 1.807) is 29.6 Å². The lowest BCUT2D eigenvalue weighted by atomic mass is 9.94. The number of hydrogen-bond acceptors (Lipinski definition) is 3. The Morgan fingerprint density at radius 1 is 1.04 bits per heavy atom. The van der Waals surface area contributed by atoms with Crippen molar-refractivity contribution in [3.8, 4) is 5.75 Å². The Balaban J connectivity index is 1.53. The van der Waals surface area contributed by atoms with Crippen LogP contribution in [0.25, 0.3) is 10.9 Å². The van der Waals surface area contributed by atoms with Crippen molar-refractivity contribution in [1.82, 2.24) is 8.87 Å². The van der Waals surface area contributed by atoms with Crippen LogP contribution in [0.5, 0.6) is 5.75 Å². The third-order valence-corrected chi connectivity index (χ3v) is 7.76. The fourth-order valence-corrected chi connectivity index (χ4v) is 5.81. The van der Waals surface area contributed by atoms with Gasteiger partial charge in [-0.15, -0.1) is 0 Å². The number of aromatic nitrogens is 1. The van der Waals surface area contributed by atoms with E-state index in [1.165, 1.54) is 16.6 Å². The zero-order valence-electron chi connectivity index (χ0n) is 16.6. The first-order chi connectivity index (χ1) is 13.4. The molecule has 1 aliphatic heterocycles. The zero-order chi connectivity index (χ0) is 19.9. The molecule has 148 valence electrons. The Morgan fingerprint density at radius 2 is 1.75 bits per heavy atom. The minimum atomic E-state index is -3.48. The molecule has 0 bridgehead atoms. The van der Waals surface area contributed by atoms with Crippen LogP contribution in [-0.4, -0.2) is 37.5 Å². The lowest BCUT2D eigenvalue weighted by Crippen LogP contribution is -2.38. The van der Waals surface area contributed by atoms with E-state index in [-0.39, 0.29) is 0 Å². The van der Waals surface area contributed by atoms with Gasteiger partial charge in [-0.2, -0.15) is 4.31 Å². The van der Waals surface area contributed by atoms with Gasteiger partial charge in [-0.25, -0.2) is 8.42 Å². The number of hydrogen-bond donors (Lipinski definition) is 0. The highest BCUT2D eigenvalue weighted by Gasteiger charge is 2.31. The second-order valence-corrected chi connectivity index (χ2v) is 9.43. The number of benzene rings is 2. The van der Waals surface area contributed by atoms with E-state index in [0.29, 0.717) is 29.7 Å². The molecule has 0 aliphatic carbocycles. The van der Waals surface area contributed by atoms with E-state index in [0.717, 1.165) is 18.4 Å². The smallest absolute Gasteiger partial charge is 0.243 e. The number of nitrogens with zero attached hydrogens (tertiary/aromatic N) is 2. The normalized spacial score (nSPS) is 16.5. The zero-order valence-corrected chi connectivity index (χ0v) is 17.4. The van der Waals surface area contributed by atoms with Gasteiger partial charge in [0.15, 0.2) is 0 Å². The van der Waals surface area contributed by atoms with Crippen LogP contribution >= 0.6 is 0 Å². The molecule has 28 heavy (non-hydrogen) atoms. The van der Waals surface area contributed by atoms with Crippen LogP contribution in [0.2, 0.25) is 0 Å². The predicted octanol–water partition coefficient (Wildman–Crippen LogP) is 4.06. The molecule has 0 amide bonds. The third kappa shape index (κ3) is 3.20. The van der Waals surface area contributed by atoms with Crippen LogP contribution in [0.4, 0.5) is 0 Å². The summed E-state index contributed by atoms with van der Waals surface area (Å²) in [5.41, 5.74) is 3.34. The van der Waals surface area contributed by atoms with E-state index in [9.17, 15) is 8.42 Å². The van der Waals surface area contributed by atoms with E-state index < -0.39 is 10.0 Å². The molecular weight excluding hydrogens is 372 g/mol. The molecule has 2 heterocycles. The number of fused-ring (bicyclic) bond motifs is 1. The Hall–Kier alpha value is -2.31. The lowest BCUT2D eigenvalue weighted by Gasteiger charge is -2.31. The molecule has 0 spiro atoms. The fraction of sp³-hybridized carbons (Fsp3) is 0.364. The summed E-state index contributed by atoms with van der Waals surface area (Å²) in [5.74, 6) is 1.08. The Labute approximate surface area is 166 Å². The number of para-hydroxylation sites is 1. The van der Waals surface area contributed by atoms with Crippen LogP contribution < -0.4 is 4.74 Å². The average Bonchev–Trinajstić information content (AvgIpc) is 3.05. The maximum atomic E-state index is 13.1. The maximum Gasteiger partial charge on any atom is 0.243 e. The standard InChI is InChI=1S/C22H26N2O3S/c1-16-14-19(8-9-22(16)27-3)28(25,26)24-12-10-17(11-13-24)21-15-18-6-4-5-7-20(18)23(21)2/h4-9,14-15,17H,10-13H2,1-3H3. The summed E-state index contributed by atoms with van der Waals surface area (Å²) in [7, 11) is 0.211. The Kier molecular flexibility index (Phi) is 4.93. The second-order valence-electron chi connectivity index (χ2n) is 7.50. The van der Waals surface area contributed by atoms with E-state index in [4.69, 9.17) is 4.74 Å². The molecule has 5 nitrogen and oxygen atoms in total. The number of rotatable bonds is 4. The molecule has 1 saturated heterocycles. The van der Waals surface area contributed by atoms with Crippen molar-refractivity contribution in [1.29, 1.82) is 0 Å². The summed E-state index contributed by atoms with van der Waals surface area (Å²) in [6, 6.07) is 15.7. The molecular formula is C22H26N2O3S. The summed E-state index contributed by atoms with van der Waals surface area (Å²) < 4.78 is 35.3. The van der Waals surface area contributed by atoms with Gasteiger partial charge in [-0.05, 0) is 61.0 Å². The highest BCUT2D eigenvalue weighted by Crippen LogP contribution is 2.34. The van der Waals surface area contributed by atoms with Crippen molar-refractivity contribution >= 4 is 20.9 Å². The van der Waals surface area contributed by atoms with Gasteiger partial charge in [0.2, 0.25) is 10.0 Å². The summed E-state index contributed by atoms with van der Waals surface area (Å²) >= 11 is 0. The highest BCUT2D eigenvalue weighted by molar-refractivity contribution is 7.89. The van der Waals surface area contributed by atoms with Crippen LogP contribution in [-0.2, 0) is 17.1 Å². The Bertz CT molecular complexity index is 1110. The van der Waals surface area contributed by atoms with Gasteiger partial charge < -0.3 is 9.30 Å². The molecule has 3 aromatic rings. The second kappa shape index (κ2) is 7.26.